The molecule has 0 aromatic heterocycles. The van der Waals surface area contributed by atoms with Gasteiger partial charge in [-0.15, -0.1) is 0 Å². The third kappa shape index (κ3) is 2.53. The fraction of sp³-hybridized carbons (Fsp3) is 0.667. The molecule has 1 spiro atoms. The van der Waals surface area contributed by atoms with Gasteiger partial charge in [0.05, 0.1) is 12.6 Å². The maximum Gasteiger partial charge on any atom is 0.341 e. The van der Waals surface area contributed by atoms with E-state index in [0.717, 1.165) is 25.1 Å². The lowest BCUT2D eigenvalue weighted by Crippen LogP contribution is -2.52. The Labute approximate surface area is 146 Å². The fourth-order valence-electron chi connectivity index (χ4n) is 4.06. The van der Waals surface area contributed by atoms with Gasteiger partial charge in [0.2, 0.25) is 0 Å². The number of ether oxygens (including phenoxy) is 3. The highest BCUT2D eigenvalue weighted by atomic mass is 16.6. The number of esters is 2. The first-order valence-corrected chi connectivity index (χ1v) is 8.71. The van der Waals surface area contributed by atoms with Gasteiger partial charge in [-0.1, -0.05) is 12.2 Å². The van der Waals surface area contributed by atoms with Crippen molar-refractivity contribution in [2.24, 2.45) is 0 Å². The molecule has 4 rings (SSSR count). The Morgan fingerprint density at radius 3 is 2.84 bits per heavy atom. The van der Waals surface area contributed by atoms with Gasteiger partial charge in [-0.25, -0.2) is 9.59 Å². The number of nitrogens with zero attached hydrogens (tertiary/aromatic N) is 1. The molecule has 0 aliphatic carbocycles. The second-order valence-electron chi connectivity index (χ2n) is 7.37. The Hall–Kier alpha value is -1.70. The minimum atomic E-state index is -1.82. The molecule has 0 bridgehead atoms. The predicted octanol–water partition coefficient (Wildman–Crippen LogP) is 0.326. The quantitative estimate of drug-likeness (QED) is 0.292. The summed E-state index contributed by atoms with van der Waals surface area (Å²) in [6.45, 7) is 5.02. The zero-order valence-corrected chi connectivity index (χ0v) is 14.5. The lowest BCUT2D eigenvalue weighted by atomic mass is 9.84. The van der Waals surface area contributed by atoms with Gasteiger partial charge in [-0.05, 0) is 25.8 Å². The molecule has 0 amide bonds. The third-order valence-corrected chi connectivity index (χ3v) is 5.91. The second-order valence-corrected chi connectivity index (χ2v) is 7.37. The zero-order chi connectivity index (χ0) is 17.8. The molecular weight excluding hydrogens is 326 g/mol. The van der Waals surface area contributed by atoms with E-state index in [4.69, 9.17) is 14.2 Å². The Balaban J connectivity index is 1.68. The molecule has 7 nitrogen and oxygen atoms in total. The second kappa shape index (κ2) is 5.65. The predicted molar refractivity (Wildman–Crippen MR) is 86.6 cm³/mol. The van der Waals surface area contributed by atoms with Crippen molar-refractivity contribution in [2.45, 2.75) is 50.0 Å². The van der Waals surface area contributed by atoms with Gasteiger partial charge < -0.3 is 19.3 Å². The molecule has 4 aliphatic heterocycles. The van der Waals surface area contributed by atoms with Crippen LogP contribution in [0.5, 0.6) is 0 Å². The number of hydrogen-bond acceptors (Lipinski definition) is 7. The fourth-order valence-corrected chi connectivity index (χ4v) is 4.06. The van der Waals surface area contributed by atoms with Crippen LogP contribution in [0.3, 0.4) is 0 Å². The van der Waals surface area contributed by atoms with Crippen LogP contribution in [0, 0.1) is 0 Å². The molecule has 0 aromatic rings. The number of cyclic esters (lactones) is 1. The first kappa shape index (κ1) is 16.8. The highest BCUT2D eigenvalue weighted by Crippen LogP contribution is 2.45. The minimum absolute atomic E-state index is 0.0506. The lowest BCUT2D eigenvalue weighted by Gasteiger charge is -2.31. The minimum Gasteiger partial charge on any atom is -0.459 e. The van der Waals surface area contributed by atoms with Gasteiger partial charge in [0, 0.05) is 25.1 Å². The number of carbonyl (C=O) groups excluding carboxylic acids is 2. The molecule has 4 heterocycles. The van der Waals surface area contributed by atoms with Crippen molar-refractivity contribution in [3.63, 3.8) is 0 Å². The van der Waals surface area contributed by atoms with Gasteiger partial charge in [0.1, 0.15) is 18.3 Å². The van der Waals surface area contributed by atoms with Crippen LogP contribution >= 0.6 is 0 Å². The zero-order valence-electron chi connectivity index (χ0n) is 14.5. The highest BCUT2D eigenvalue weighted by Gasteiger charge is 2.64. The van der Waals surface area contributed by atoms with Gasteiger partial charge >= 0.3 is 11.9 Å². The molecule has 3 saturated heterocycles. The van der Waals surface area contributed by atoms with E-state index in [-0.39, 0.29) is 31.8 Å². The van der Waals surface area contributed by atoms with Gasteiger partial charge in [-0.3, -0.25) is 4.90 Å². The topological polar surface area (TPSA) is 88.6 Å². The number of rotatable bonds is 0. The summed E-state index contributed by atoms with van der Waals surface area (Å²) in [4.78, 5) is 27.4. The van der Waals surface area contributed by atoms with Crippen LogP contribution in [-0.2, 0) is 23.8 Å². The van der Waals surface area contributed by atoms with Gasteiger partial charge in [-0.2, -0.15) is 0 Å². The number of carbonyl (C=O) groups is 2. The molecule has 4 unspecified atom stereocenters. The average Bonchev–Trinajstić information content (AvgIpc) is 3.12. The lowest BCUT2D eigenvalue weighted by molar-refractivity contribution is -0.171. The first-order chi connectivity index (χ1) is 11.9. The van der Waals surface area contributed by atoms with Crippen molar-refractivity contribution in [3.05, 3.63) is 23.3 Å². The van der Waals surface area contributed by atoms with Crippen molar-refractivity contribution < 1.29 is 28.9 Å². The molecule has 7 heteroatoms. The highest BCUT2D eigenvalue weighted by molar-refractivity contribution is 5.90. The summed E-state index contributed by atoms with van der Waals surface area (Å²) >= 11 is 0. The number of aliphatic hydroxyl groups is 1. The summed E-state index contributed by atoms with van der Waals surface area (Å²) in [7, 11) is 0. The Kier molecular flexibility index (Phi) is 3.79. The smallest absolute Gasteiger partial charge is 0.341 e. The van der Waals surface area contributed by atoms with Crippen LogP contribution in [0.25, 0.3) is 0 Å². The van der Waals surface area contributed by atoms with Crippen molar-refractivity contribution in [2.75, 3.05) is 26.3 Å². The monoisotopic (exact) mass is 349 g/mol. The Bertz CT molecular complexity index is 675. The molecule has 1 N–H and O–H groups in total. The Morgan fingerprint density at radius 1 is 1.40 bits per heavy atom. The number of hydrogen-bond donors (Lipinski definition) is 1. The molecule has 0 aromatic carbocycles. The summed E-state index contributed by atoms with van der Waals surface area (Å²) < 4.78 is 16.6. The summed E-state index contributed by atoms with van der Waals surface area (Å²) in [6, 6.07) is -0.0506. The third-order valence-electron chi connectivity index (χ3n) is 5.91. The molecule has 4 aliphatic rings. The normalized spacial score (nSPS) is 43.2. The molecule has 4 atom stereocenters. The van der Waals surface area contributed by atoms with Crippen LogP contribution < -0.4 is 0 Å². The SMILES string of the molecule is CC=C1CC2(CO2)C(C)(O)C(=O)OCC2=CCN3CCC(OC1=O)C23. The standard InChI is InChI=1S/C18H23NO6/c1-3-11-8-18(10-24-18)17(2,22)16(21)23-9-12-4-6-19-7-5-13(14(12)19)25-15(11)20/h3-4,13-14,22H,5-10H2,1-2H3. The molecule has 0 saturated carbocycles. The molecular formula is C18H23NO6. The van der Waals surface area contributed by atoms with E-state index in [1.807, 2.05) is 6.08 Å². The van der Waals surface area contributed by atoms with E-state index in [1.54, 1.807) is 13.0 Å². The molecule has 3 fully saturated rings. The van der Waals surface area contributed by atoms with Crippen LogP contribution in [-0.4, -0.2) is 71.6 Å². The first-order valence-electron chi connectivity index (χ1n) is 8.71. The van der Waals surface area contributed by atoms with Crippen LogP contribution in [0.2, 0.25) is 0 Å². The molecule has 25 heavy (non-hydrogen) atoms. The summed E-state index contributed by atoms with van der Waals surface area (Å²) in [6.07, 6.45) is 4.31. The van der Waals surface area contributed by atoms with E-state index in [1.165, 1.54) is 6.92 Å². The van der Waals surface area contributed by atoms with Crippen molar-refractivity contribution >= 4 is 11.9 Å². The van der Waals surface area contributed by atoms with Gasteiger partial charge in [0.15, 0.2) is 5.60 Å². The summed E-state index contributed by atoms with van der Waals surface area (Å²) in [5, 5.41) is 10.8. The summed E-state index contributed by atoms with van der Waals surface area (Å²) in [5.74, 6) is -1.12. The number of allylic oxidation sites excluding steroid dienone is 1. The largest absolute Gasteiger partial charge is 0.459 e. The van der Waals surface area contributed by atoms with Crippen molar-refractivity contribution in [1.29, 1.82) is 0 Å². The van der Waals surface area contributed by atoms with E-state index >= 15 is 0 Å². The van der Waals surface area contributed by atoms with E-state index in [9.17, 15) is 14.7 Å². The molecule has 136 valence electrons. The van der Waals surface area contributed by atoms with Gasteiger partial charge in [0.25, 0.3) is 0 Å². The summed E-state index contributed by atoms with van der Waals surface area (Å²) in [5.41, 5.74) is -1.62. The average molecular weight is 349 g/mol. The molecule has 0 radical (unpaired) electrons. The maximum atomic E-state index is 12.7. The van der Waals surface area contributed by atoms with Crippen molar-refractivity contribution in [1.82, 2.24) is 4.90 Å². The number of epoxide rings is 1. The maximum absolute atomic E-state index is 12.7. The van der Waals surface area contributed by atoms with Crippen LogP contribution in [0.4, 0.5) is 0 Å². The van der Waals surface area contributed by atoms with E-state index in [2.05, 4.69) is 4.90 Å². The van der Waals surface area contributed by atoms with E-state index < -0.39 is 23.1 Å². The van der Waals surface area contributed by atoms with Crippen LogP contribution in [0.1, 0.15) is 26.7 Å². The Morgan fingerprint density at radius 2 is 2.16 bits per heavy atom. The van der Waals surface area contributed by atoms with Crippen molar-refractivity contribution in [3.8, 4) is 0 Å². The van der Waals surface area contributed by atoms with Crippen LogP contribution in [0.15, 0.2) is 23.3 Å². The van der Waals surface area contributed by atoms with E-state index in [0.29, 0.717) is 5.57 Å².